The quantitative estimate of drug-likeness (QED) is 0.601. The smallest absolute Gasteiger partial charge is 0.147 e. The van der Waals surface area contributed by atoms with Gasteiger partial charge >= 0.3 is 0 Å². The molecule has 0 aromatic carbocycles. The van der Waals surface area contributed by atoms with E-state index in [0.717, 1.165) is 19.5 Å². The molecule has 86 valence electrons. The monoisotopic (exact) mass is 223 g/mol. The third kappa shape index (κ3) is 9.95. The van der Waals surface area contributed by atoms with E-state index < -0.39 is 9.84 Å². The molecule has 0 saturated carbocycles. The summed E-state index contributed by atoms with van der Waals surface area (Å²) in [5.74, 6) is 0.668. The van der Waals surface area contributed by atoms with Gasteiger partial charge in [-0.15, -0.1) is 0 Å². The Hall–Kier alpha value is -0.130. The van der Waals surface area contributed by atoms with E-state index in [1.165, 1.54) is 6.26 Å². The fourth-order valence-electron chi connectivity index (χ4n) is 1.04. The van der Waals surface area contributed by atoms with Crippen molar-refractivity contribution in [1.82, 2.24) is 5.32 Å². The molecule has 0 fully saturated rings. The molecule has 0 spiro atoms. The number of hydrogen-bond donors (Lipinski definition) is 1. The lowest BCUT2D eigenvalue weighted by molar-refractivity contribution is 0.198. The van der Waals surface area contributed by atoms with Crippen LogP contribution < -0.4 is 5.32 Å². The largest absolute Gasteiger partial charge is 0.383 e. The first kappa shape index (κ1) is 13.9. The first-order valence-corrected chi connectivity index (χ1v) is 6.89. The SMILES string of the molecule is COCCNCC(C)CCS(C)(=O)=O. The molecule has 0 rings (SSSR count). The normalized spacial score (nSPS) is 14.2. The summed E-state index contributed by atoms with van der Waals surface area (Å²) in [5.41, 5.74) is 0. The number of hydrogen-bond acceptors (Lipinski definition) is 4. The standard InChI is InChI=1S/C9H21NO3S/c1-9(4-7-14(3,11)12)8-10-5-6-13-2/h9-10H,4-8H2,1-3H3. The zero-order chi connectivity index (χ0) is 11.0. The molecule has 0 bridgehead atoms. The lowest BCUT2D eigenvalue weighted by Gasteiger charge is -2.11. The van der Waals surface area contributed by atoms with Crippen molar-refractivity contribution in [3.05, 3.63) is 0 Å². The maximum absolute atomic E-state index is 10.9. The minimum atomic E-state index is -2.81. The van der Waals surface area contributed by atoms with Crippen LogP contribution in [0.1, 0.15) is 13.3 Å². The molecule has 0 saturated heterocycles. The van der Waals surface area contributed by atoms with E-state index in [0.29, 0.717) is 12.5 Å². The van der Waals surface area contributed by atoms with Crippen molar-refractivity contribution in [2.24, 2.45) is 5.92 Å². The summed E-state index contributed by atoms with van der Waals surface area (Å²) in [6, 6.07) is 0. The highest BCUT2D eigenvalue weighted by atomic mass is 32.2. The molecule has 1 N–H and O–H groups in total. The van der Waals surface area contributed by atoms with E-state index in [9.17, 15) is 8.42 Å². The zero-order valence-corrected chi connectivity index (χ0v) is 10.1. The van der Waals surface area contributed by atoms with Gasteiger partial charge in [0.05, 0.1) is 12.4 Å². The Morgan fingerprint density at radius 1 is 1.43 bits per heavy atom. The fraction of sp³-hybridized carbons (Fsp3) is 1.00. The van der Waals surface area contributed by atoms with Gasteiger partial charge in [0.2, 0.25) is 0 Å². The molecular weight excluding hydrogens is 202 g/mol. The molecule has 0 aliphatic carbocycles. The highest BCUT2D eigenvalue weighted by molar-refractivity contribution is 7.90. The van der Waals surface area contributed by atoms with Crippen molar-refractivity contribution in [3.8, 4) is 0 Å². The summed E-state index contributed by atoms with van der Waals surface area (Å²) < 4.78 is 26.6. The molecule has 1 unspecified atom stereocenters. The highest BCUT2D eigenvalue weighted by Gasteiger charge is 2.06. The van der Waals surface area contributed by atoms with E-state index in [4.69, 9.17) is 4.74 Å². The van der Waals surface area contributed by atoms with Crippen LogP contribution in [0.4, 0.5) is 0 Å². The third-order valence-electron chi connectivity index (χ3n) is 1.96. The summed E-state index contributed by atoms with van der Waals surface area (Å²) >= 11 is 0. The average molecular weight is 223 g/mol. The second-order valence-corrected chi connectivity index (χ2v) is 5.98. The predicted molar refractivity (Wildman–Crippen MR) is 58.2 cm³/mol. The first-order chi connectivity index (χ1) is 6.45. The van der Waals surface area contributed by atoms with E-state index in [2.05, 4.69) is 5.32 Å². The lowest BCUT2D eigenvalue weighted by atomic mass is 10.1. The van der Waals surface area contributed by atoms with Crippen LogP contribution in [0.15, 0.2) is 0 Å². The zero-order valence-electron chi connectivity index (χ0n) is 9.25. The number of ether oxygens (including phenoxy) is 1. The third-order valence-corrected chi connectivity index (χ3v) is 2.93. The summed E-state index contributed by atoms with van der Waals surface area (Å²) in [4.78, 5) is 0. The van der Waals surface area contributed by atoms with Crippen molar-refractivity contribution < 1.29 is 13.2 Å². The predicted octanol–water partition coefficient (Wildman–Crippen LogP) is 0.293. The summed E-state index contributed by atoms with van der Waals surface area (Å²) in [7, 11) is -1.15. The van der Waals surface area contributed by atoms with Gasteiger partial charge < -0.3 is 10.1 Å². The first-order valence-electron chi connectivity index (χ1n) is 4.83. The Labute approximate surface area is 86.9 Å². The average Bonchev–Trinajstić information content (AvgIpc) is 2.08. The van der Waals surface area contributed by atoms with Crippen molar-refractivity contribution >= 4 is 9.84 Å². The van der Waals surface area contributed by atoms with Crippen LogP contribution in [0.3, 0.4) is 0 Å². The van der Waals surface area contributed by atoms with Gasteiger partial charge in [-0.1, -0.05) is 6.92 Å². The Morgan fingerprint density at radius 3 is 2.57 bits per heavy atom. The number of methoxy groups -OCH3 is 1. The molecule has 4 nitrogen and oxygen atoms in total. The van der Waals surface area contributed by atoms with Gasteiger partial charge in [-0.3, -0.25) is 0 Å². The molecular formula is C9H21NO3S. The van der Waals surface area contributed by atoms with E-state index >= 15 is 0 Å². The van der Waals surface area contributed by atoms with Crippen LogP contribution in [-0.4, -0.2) is 47.2 Å². The van der Waals surface area contributed by atoms with Crippen LogP contribution in [0.5, 0.6) is 0 Å². The Balaban J connectivity index is 3.42. The van der Waals surface area contributed by atoms with Gasteiger partial charge in [0.25, 0.3) is 0 Å². The maximum Gasteiger partial charge on any atom is 0.147 e. The minimum Gasteiger partial charge on any atom is -0.383 e. The molecule has 0 heterocycles. The van der Waals surface area contributed by atoms with Crippen molar-refractivity contribution in [3.63, 3.8) is 0 Å². The maximum atomic E-state index is 10.9. The molecule has 5 heteroatoms. The summed E-state index contributed by atoms with van der Waals surface area (Å²) in [6.45, 7) is 4.41. The van der Waals surface area contributed by atoms with Gasteiger partial charge in [0.15, 0.2) is 0 Å². The Bertz CT molecular complexity index is 226. The van der Waals surface area contributed by atoms with E-state index in [1.54, 1.807) is 7.11 Å². The van der Waals surface area contributed by atoms with Crippen LogP contribution in [0.25, 0.3) is 0 Å². The van der Waals surface area contributed by atoms with E-state index in [-0.39, 0.29) is 5.75 Å². The molecule has 0 aliphatic heterocycles. The molecule has 0 amide bonds. The number of sulfone groups is 1. The van der Waals surface area contributed by atoms with Gasteiger partial charge in [0, 0.05) is 19.9 Å². The van der Waals surface area contributed by atoms with E-state index in [1.807, 2.05) is 6.92 Å². The Morgan fingerprint density at radius 2 is 2.07 bits per heavy atom. The van der Waals surface area contributed by atoms with Crippen LogP contribution in [-0.2, 0) is 14.6 Å². The van der Waals surface area contributed by atoms with Gasteiger partial charge in [-0.25, -0.2) is 8.42 Å². The second-order valence-electron chi connectivity index (χ2n) is 3.72. The summed E-state index contributed by atoms with van der Waals surface area (Å²) in [5, 5.41) is 3.20. The minimum absolute atomic E-state index is 0.278. The molecule has 1 atom stereocenters. The molecule has 0 aromatic rings. The number of nitrogens with one attached hydrogen (secondary N) is 1. The van der Waals surface area contributed by atoms with Crippen molar-refractivity contribution in [1.29, 1.82) is 0 Å². The molecule has 14 heavy (non-hydrogen) atoms. The Kier molecular flexibility index (Phi) is 7.13. The van der Waals surface area contributed by atoms with Gasteiger partial charge in [-0.05, 0) is 18.9 Å². The van der Waals surface area contributed by atoms with Crippen LogP contribution >= 0.6 is 0 Å². The van der Waals surface area contributed by atoms with Crippen molar-refractivity contribution in [2.75, 3.05) is 38.8 Å². The van der Waals surface area contributed by atoms with Gasteiger partial charge in [-0.2, -0.15) is 0 Å². The highest BCUT2D eigenvalue weighted by Crippen LogP contribution is 2.02. The molecule has 0 radical (unpaired) electrons. The molecule has 0 aromatic heterocycles. The molecule has 0 aliphatic rings. The van der Waals surface area contributed by atoms with Crippen molar-refractivity contribution in [2.45, 2.75) is 13.3 Å². The fourth-order valence-corrected chi connectivity index (χ4v) is 1.87. The topological polar surface area (TPSA) is 55.4 Å². The van der Waals surface area contributed by atoms with Gasteiger partial charge in [0.1, 0.15) is 9.84 Å². The van der Waals surface area contributed by atoms with Crippen LogP contribution in [0, 0.1) is 5.92 Å². The second kappa shape index (κ2) is 7.20. The lowest BCUT2D eigenvalue weighted by Crippen LogP contribution is -2.25. The summed E-state index contributed by atoms with van der Waals surface area (Å²) in [6.07, 6.45) is 2.00. The number of rotatable bonds is 8. The van der Waals surface area contributed by atoms with Crippen LogP contribution in [0.2, 0.25) is 0 Å².